The van der Waals surface area contributed by atoms with Crippen molar-refractivity contribution in [3.63, 3.8) is 0 Å². The molecule has 0 bridgehead atoms. The maximum Gasteiger partial charge on any atom is 0.416 e. The molecule has 13 heteroatoms. The molecule has 3 aromatic carbocycles. The number of benzene rings is 3. The molecule has 2 amide bonds. The topological polar surface area (TPSA) is 87.3 Å². The Morgan fingerprint density at radius 1 is 0.935 bits per heavy atom. The van der Waals surface area contributed by atoms with Crippen LogP contribution in [0.1, 0.15) is 29.2 Å². The number of hydrogen-bond donors (Lipinski definition) is 2. The monoisotopic (exact) mass is 642 g/mol. The molecule has 0 spiro atoms. The molecule has 2 heterocycles. The van der Waals surface area contributed by atoms with E-state index in [2.05, 4.69) is 15.3 Å². The largest absolute Gasteiger partial charge is 0.484 e. The molecule has 0 saturated heterocycles. The summed E-state index contributed by atoms with van der Waals surface area (Å²) in [5.41, 5.74) is -0.971. The zero-order valence-electron chi connectivity index (χ0n) is 24.4. The number of nitrogens with one attached hydrogen (secondary N) is 2. The van der Waals surface area contributed by atoms with Gasteiger partial charge in [0.1, 0.15) is 5.75 Å². The molecule has 0 radical (unpaired) electrons. The molecule has 1 atom stereocenters. The molecule has 0 aliphatic rings. The van der Waals surface area contributed by atoms with Gasteiger partial charge in [-0.05, 0) is 66.1 Å². The molecule has 240 valence electrons. The lowest BCUT2D eigenvalue weighted by atomic mass is 10.0. The predicted octanol–water partition coefficient (Wildman–Crippen LogP) is 6.91. The zero-order valence-corrected chi connectivity index (χ0v) is 24.4. The van der Waals surface area contributed by atoms with Crippen molar-refractivity contribution >= 4 is 33.6 Å². The number of pyridine rings is 1. The van der Waals surface area contributed by atoms with E-state index in [1.807, 2.05) is 30.3 Å². The second-order valence-electron chi connectivity index (χ2n) is 10.8. The summed E-state index contributed by atoms with van der Waals surface area (Å²) in [4.78, 5) is 34.3. The van der Waals surface area contributed by atoms with Crippen LogP contribution in [0, 0.1) is 0 Å². The van der Waals surface area contributed by atoms with Gasteiger partial charge in [0.2, 0.25) is 5.91 Å². The summed E-state index contributed by atoms with van der Waals surface area (Å²) in [6.45, 7) is 0.00335. The van der Waals surface area contributed by atoms with Crippen LogP contribution in [-0.2, 0) is 34.9 Å². The van der Waals surface area contributed by atoms with Crippen molar-refractivity contribution in [1.29, 1.82) is 0 Å². The summed E-state index contributed by atoms with van der Waals surface area (Å²) in [6.07, 6.45) is -6.49. The minimum Gasteiger partial charge on any atom is -0.484 e. The summed E-state index contributed by atoms with van der Waals surface area (Å²) < 4.78 is 86.6. The highest BCUT2D eigenvalue weighted by Gasteiger charge is 2.37. The van der Waals surface area contributed by atoms with Crippen molar-refractivity contribution in [3.05, 3.63) is 107 Å². The van der Waals surface area contributed by atoms with Crippen LogP contribution >= 0.6 is 0 Å². The summed E-state index contributed by atoms with van der Waals surface area (Å²) in [5.74, 6) is -0.734. The molecule has 0 aliphatic heterocycles. The van der Waals surface area contributed by atoms with Gasteiger partial charge in [-0.2, -0.15) is 26.3 Å². The fourth-order valence-corrected chi connectivity index (χ4v) is 5.19. The van der Waals surface area contributed by atoms with Gasteiger partial charge in [-0.3, -0.25) is 14.6 Å². The highest BCUT2D eigenvalue weighted by atomic mass is 19.4. The smallest absolute Gasteiger partial charge is 0.416 e. The van der Waals surface area contributed by atoms with E-state index in [1.165, 1.54) is 0 Å². The summed E-state index contributed by atoms with van der Waals surface area (Å²) in [7, 11) is 0. The molecule has 0 aliphatic carbocycles. The molecule has 0 fully saturated rings. The second kappa shape index (κ2) is 13.1. The maximum atomic E-state index is 13.5. The predicted molar refractivity (Wildman–Crippen MR) is 159 cm³/mol. The van der Waals surface area contributed by atoms with E-state index in [-0.39, 0.29) is 24.6 Å². The van der Waals surface area contributed by atoms with E-state index in [4.69, 9.17) is 4.74 Å². The van der Waals surface area contributed by atoms with Gasteiger partial charge in [-0.15, -0.1) is 0 Å². The van der Waals surface area contributed by atoms with Crippen LogP contribution in [0.5, 0.6) is 5.75 Å². The number of fused-ring (bicyclic) bond motifs is 2. The minimum absolute atomic E-state index is 0.0354. The van der Waals surface area contributed by atoms with E-state index < -0.39 is 54.5 Å². The highest BCUT2D eigenvalue weighted by Crippen LogP contribution is 2.36. The molecule has 7 nitrogen and oxygen atoms in total. The van der Waals surface area contributed by atoms with Crippen molar-refractivity contribution in [2.45, 2.75) is 38.3 Å². The Balaban J connectivity index is 1.38. The van der Waals surface area contributed by atoms with Crippen LogP contribution in [0.2, 0.25) is 0 Å². The number of halogens is 6. The lowest BCUT2D eigenvalue weighted by Gasteiger charge is -2.28. The highest BCUT2D eigenvalue weighted by molar-refractivity contribution is 5.84. The summed E-state index contributed by atoms with van der Waals surface area (Å²) >= 11 is 0. The molecule has 2 N–H and O–H groups in total. The van der Waals surface area contributed by atoms with Crippen molar-refractivity contribution in [2.24, 2.45) is 0 Å². The molecular formula is C33H28F6N4O3. The van der Waals surface area contributed by atoms with Crippen LogP contribution in [0.15, 0.2) is 85.2 Å². The molecule has 5 aromatic rings. The SMILES string of the molecule is CC(=O)N(Cc1cc(C(F)(F)F)cc(C(F)(F)F)c1)CC(Cc1c[nH]c2ccccc12)NC(=O)COc1ccc2ncccc2c1. The maximum absolute atomic E-state index is 13.5. The first-order valence-electron chi connectivity index (χ1n) is 14.1. The number of alkyl halides is 6. The van der Waals surface area contributed by atoms with Crippen molar-refractivity contribution in [3.8, 4) is 5.75 Å². The fraction of sp³-hybridized carbons (Fsp3) is 0.242. The van der Waals surface area contributed by atoms with Gasteiger partial charge in [0.15, 0.2) is 6.61 Å². The third kappa shape index (κ3) is 7.95. The summed E-state index contributed by atoms with van der Waals surface area (Å²) in [5, 5.41) is 4.48. The van der Waals surface area contributed by atoms with E-state index in [0.29, 0.717) is 17.9 Å². The quantitative estimate of drug-likeness (QED) is 0.162. The first-order valence-corrected chi connectivity index (χ1v) is 14.1. The number of rotatable bonds is 10. The van der Waals surface area contributed by atoms with Gasteiger partial charge in [-0.25, -0.2) is 0 Å². The number of carbonyl (C=O) groups is 2. The van der Waals surface area contributed by atoms with E-state index >= 15 is 0 Å². The van der Waals surface area contributed by atoms with E-state index in [1.54, 1.807) is 36.7 Å². The summed E-state index contributed by atoms with van der Waals surface area (Å²) in [6, 6.07) is 16.5. The minimum atomic E-state index is -5.04. The van der Waals surface area contributed by atoms with Gasteiger partial charge in [0.25, 0.3) is 5.91 Å². The van der Waals surface area contributed by atoms with Crippen molar-refractivity contribution < 1.29 is 40.7 Å². The molecule has 46 heavy (non-hydrogen) atoms. The van der Waals surface area contributed by atoms with E-state index in [9.17, 15) is 35.9 Å². The first-order chi connectivity index (χ1) is 21.8. The van der Waals surface area contributed by atoms with Gasteiger partial charge in [-0.1, -0.05) is 24.3 Å². The normalized spacial score (nSPS) is 12.7. The van der Waals surface area contributed by atoms with Crippen LogP contribution in [0.4, 0.5) is 26.3 Å². The number of nitrogens with zero attached hydrogens (tertiary/aromatic N) is 2. The third-order valence-electron chi connectivity index (χ3n) is 7.36. The number of para-hydroxylation sites is 1. The van der Waals surface area contributed by atoms with Crippen LogP contribution < -0.4 is 10.1 Å². The lowest BCUT2D eigenvalue weighted by Crippen LogP contribution is -2.47. The van der Waals surface area contributed by atoms with Crippen LogP contribution in [0.25, 0.3) is 21.8 Å². The first kappa shape index (κ1) is 32.3. The van der Waals surface area contributed by atoms with Gasteiger partial charge in [0.05, 0.1) is 22.7 Å². The van der Waals surface area contributed by atoms with Gasteiger partial charge >= 0.3 is 12.4 Å². The Bertz CT molecular complexity index is 1840. The van der Waals surface area contributed by atoms with Gasteiger partial charge < -0.3 is 19.9 Å². The third-order valence-corrected chi connectivity index (χ3v) is 7.36. The van der Waals surface area contributed by atoms with Crippen molar-refractivity contribution in [1.82, 2.24) is 20.2 Å². The Morgan fingerprint density at radius 3 is 2.35 bits per heavy atom. The molecule has 1 unspecified atom stereocenters. The molecule has 2 aromatic heterocycles. The molecule has 5 rings (SSSR count). The Hall–Kier alpha value is -5.07. The number of ether oxygens (including phenoxy) is 1. The number of amides is 2. The average molecular weight is 643 g/mol. The molecule has 0 saturated carbocycles. The number of aromatic nitrogens is 2. The van der Waals surface area contributed by atoms with Crippen LogP contribution in [0.3, 0.4) is 0 Å². The second-order valence-corrected chi connectivity index (χ2v) is 10.8. The Labute approximate surface area is 259 Å². The number of H-pyrrole nitrogens is 1. The number of carbonyl (C=O) groups excluding carboxylic acids is 2. The van der Waals surface area contributed by atoms with Gasteiger partial charge in [0, 0.05) is 48.7 Å². The Kier molecular flexibility index (Phi) is 9.22. The van der Waals surface area contributed by atoms with Crippen LogP contribution in [-0.4, -0.2) is 45.9 Å². The average Bonchev–Trinajstić information content (AvgIpc) is 3.41. The number of hydrogen-bond acceptors (Lipinski definition) is 4. The molecular weight excluding hydrogens is 614 g/mol. The number of aromatic amines is 1. The lowest BCUT2D eigenvalue weighted by molar-refractivity contribution is -0.143. The van der Waals surface area contributed by atoms with Crippen molar-refractivity contribution in [2.75, 3.05) is 13.2 Å². The zero-order chi connectivity index (χ0) is 33.1. The standard InChI is InChI=1S/C33H28F6N4O3/c1-20(44)43(17-21-11-24(32(34,35)36)15-25(12-21)33(37,38)39)18-26(13-23-16-41-30-7-3-2-6-28(23)30)42-31(45)19-46-27-8-9-29-22(14-27)5-4-10-40-29/h2-12,14-16,26,41H,13,17-19H2,1H3,(H,42,45). The fourth-order valence-electron chi connectivity index (χ4n) is 5.19. The van der Waals surface area contributed by atoms with E-state index in [0.717, 1.165) is 39.2 Å². The Morgan fingerprint density at radius 2 is 1.65 bits per heavy atom.